The Bertz CT molecular complexity index is 4550. The summed E-state index contributed by atoms with van der Waals surface area (Å²) in [6, 6.07) is 26.5. The highest BCUT2D eigenvalue weighted by molar-refractivity contribution is 6.32. The molecule has 6 aliphatic rings. The number of carbonyl (C=O) groups excluding carboxylic acids is 7. The van der Waals surface area contributed by atoms with Gasteiger partial charge >= 0.3 is 12.0 Å². The molecule has 96 heavy (non-hydrogen) atoms. The Morgan fingerprint density at radius 3 is 1.95 bits per heavy atom. The van der Waals surface area contributed by atoms with Gasteiger partial charge in [-0.25, -0.2) is 9.59 Å². The number of hydrogen-bond donors (Lipinski definition) is 15. The molecule has 15 N–H and O–H groups in total. The lowest BCUT2D eigenvalue weighted by molar-refractivity contribution is -0.142. The van der Waals surface area contributed by atoms with Crippen LogP contribution in [0.1, 0.15) is 68.7 Å². The van der Waals surface area contributed by atoms with Crippen molar-refractivity contribution in [3.63, 3.8) is 0 Å². The number of aromatic amines is 1. The zero-order valence-electron chi connectivity index (χ0n) is 50.4. The van der Waals surface area contributed by atoms with Gasteiger partial charge in [0.15, 0.2) is 29.0 Å². The second-order valence-corrected chi connectivity index (χ2v) is 23.6. The fourth-order valence-electron chi connectivity index (χ4n) is 11.7. The van der Waals surface area contributed by atoms with Gasteiger partial charge in [0.2, 0.25) is 35.4 Å². The number of amides is 8. The van der Waals surface area contributed by atoms with Crippen LogP contribution >= 0.6 is 11.6 Å². The van der Waals surface area contributed by atoms with Crippen molar-refractivity contribution in [2.24, 2.45) is 0 Å². The Hall–Kier alpha value is -12.3. The third-order valence-corrected chi connectivity index (χ3v) is 16.9. The molecule has 0 spiro atoms. The summed E-state index contributed by atoms with van der Waals surface area (Å²) < 4.78 is 12.4. The topological polar surface area (TPSA) is 388 Å². The van der Waals surface area contributed by atoms with Crippen LogP contribution in [0.25, 0.3) is 22.0 Å². The van der Waals surface area contributed by atoms with Crippen LogP contribution in [-0.2, 0) is 59.2 Å². The molecule has 0 unspecified atom stereocenters. The summed E-state index contributed by atoms with van der Waals surface area (Å²) in [5.41, 5.74) is 2.64. The van der Waals surface area contributed by atoms with Crippen LogP contribution in [0, 0.1) is 0 Å². The lowest BCUT2D eigenvalue weighted by Crippen LogP contribution is -2.57. The second kappa shape index (κ2) is 27.1. The minimum Gasteiger partial charge on any atom is -0.508 e. The molecule has 25 nitrogen and oxygen atoms in total. The maximum Gasteiger partial charge on any atom is 0.330 e. The minimum absolute atomic E-state index is 0.0420. The molecule has 0 saturated heterocycles. The first-order chi connectivity index (χ1) is 46.2. The van der Waals surface area contributed by atoms with E-state index >= 15 is 19.2 Å². The standard InChI is InChI=1S/C70H60ClN9O16/c71-49-27-38-12-19-55(49)96-56-30-39(11-18-54(56)84)61(69(92)93)80-64(87)51-22-36-8-15-46(16-9-36)95-57-31-41-26-48(62(57)85)37-10-17-47-42(33-73-50(47)28-37)29-53(74-63(86)52(23-35-6-13-43(81)14-7-35)76-70(94)72-21-20-34-4-2-1-3-5-34)65(88)77-59(40-24-44(82)32-45(83)25-40)67(90)79-60(41)68(91)78-58(38)66(89)75-51/h1-19,24-28,30-33,51-53,58-61,73,81-85H,20-23,29H2,(H,74,86)(H,75,89)(H,77,88)(H,78,91)(H,79,90)(H,80,87)(H,92,93)(H2,72,76,94)/t51-,52-,53-,58+,59+,60-,61-/m1/s1. The van der Waals surface area contributed by atoms with Crippen molar-refractivity contribution in [3.05, 3.63) is 220 Å². The van der Waals surface area contributed by atoms with E-state index in [-0.39, 0.29) is 87.4 Å². The highest BCUT2D eigenvalue weighted by atomic mass is 35.5. The predicted molar refractivity (Wildman–Crippen MR) is 346 cm³/mol. The number of urea groups is 1. The number of aliphatic carboxylic acids is 1. The van der Waals surface area contributed by atoms with Gasteiger partial charge in [-0.2, -0.15) is 0 Å². The van der Waals surface area contributed by atoms with Crippen LogP contribution in [-0.4, -0.2) is 108 Å². The highest BCUT2D eigenvalue weighted by Crippen LogP contribution is 2.44. The SMILES string of the molecule is O=C(NCCc1ccccc1)N[C@H](Cc1ccc(O)cc1)C(=O)N[C@@H]1Cc2c[nH]c3cc(ccc23)-c2cc3cc(c2O)Oc2ccc(cc2)C[C@H]2NC(=O)[C@@H](NC(=O)[C@@H]3NC(=O)[C@H](c3cc(O)cc(O)c3)NC1=O)c1ccc(c(Cl)c1)Oc1cc(ccc1O)[C@H](C(=O)O)NC2=O. The summed E-state index contributed by atoms with van der Waals surface area (Å²) in [7, 11) is 0. The number of H-pyrrole nitrogens is 1. The number of benzene rings is 8. The first kappa shape index (κ1) is 63.9. The fraction of sp³-hybridized carbons (Fsp3) is 0.171. The van der Waals surface area contributed by atoms with Crippen molar-refractivity contribution in [1.82, 2.24) is 47.5 Å². The molecule has 488 valence electrons. The summed E-state index contributed by atoms with van der Waals surface area (Å²) in [6.07, 6.45) is 1.30. The van der Waals surface area contributed by atoms with Crippen LogP contribution < -0.4 is 52.0 Å². The molecule has 8 aromatic carbocycles. The normalized spacial score (nSPS) is 18.9. The Kier molecular flexibility index (Phi) is 18.1. The van der Waals surface area contributed by atoms with Crippen LogP contribution in [0.2, 0.25) is 5.02 Å². The van der Waals surface area contributed by atoms with Gasteiger partial charge < -0.3 is 87.6 Å². The summed E-state index contributed by atoms with van der Waals surface area (Å²) in [5, 5.41) is 87.7. The molecule has 1 aromatic heterocycles. The van der Waals surface area contributed by atoms with E-state index in [1.165, 1.54) is 66.7 Å². The number of aromatic hydroxyl groups is 5. The van der Waals surface area contributed by atoms with Crippen molar-refractivity contribution >= 4 is 69.9 Å². The maximum absolute atomic E-state index is 15.8. The average Bonchev–Trinajstić information content (AvgIpc) is 1.33. The molecule has 15 bridgehead atoms. The summed E-state index contributed by atoms with van der Waals surface area (Å²) in [6.45, 7) is 0.178. The van der Waals surface area contributed by atoms with Gasteiger partial charge in [-0.3, -0.25) is 28.8 Å². The number of carboxylic acid groups (broad SMARTS) is 1. The second-order valence-electron chi connectivity index (χ2n) is 23.2. The van der Waals surface area contributed by atoms with Crippen molar-refractivity contribution in [2.45, 2.75) is 68.0 Å². The van der Waals surface area contributed by atoms with Crippen molar-refractivity contribution in [1.29, 1.82) is 0 Å². The quantitative estimate of drug-likeness (QED) is 0.0657. The third kappa shape index (κ3) is 14.2. The monoisotopic (exact) mass is 1320 g/mol. The molecule has 0 saturated carbocycles. The van der Waals surface area contributed by atoms with E-state index in [0.717, 1.165) is 29.8 Å². The molecule has 6 aliphatic heterocycles. The molecular formula is C70H60ClN9O16. The highest BCUT2D eigenvalue weighted by Gasteiger charge is 2.39. The Morgan fingerprint density at radius 2 is 1.24 bits per heavy atom. The Labute approximate surface area is 550 Å². The summed E-state index contributed by atoms with van der Waals surface area (Å²) >= 11 is 6.88. The van der Waals surface area contributed by atoms with Crippen molar-refractivity contribution < 1.29 is 78.5 Å². The number of carbonyl (C=O) groups is 8. The number of halogens is 1. The Morgan fingerprint density at radius 1 is 0.573 bits per heavy atom. The van der Waals surface area contributed by atoms with Crippen LogP contribution in [0.5, 0.6) is 51.7 Å². The largest absolute Gasteiger partial charge is 0.508 e. The number of phenols is 5. The van der Waals surface area contributed by atoms with Gasteiger partial charge in [-0.1, -0.05) is 90.5 Å². The number of phenolic OH excluding ortho intramolecular Hbond substituents is 5. The van der Waals surface area contributed by atoms with Crippen LogP contribution in [0.4, 0.5) is 4.79 Å². The molecule has 7 atom stereocenters. The number of nitrogens with one attached hydrogen (secondary N) is 9. The molecule has 0 radical (unpaired) electrons. The first-order valence-electron chi connectivity index (χ1n) is 30.2. The van der Waals surface area contributed by atoms with Crippen LogP contribution in [0.15, 0.2) is 170 Å². The van der Waals surface area contributed by atoms with E-state index in [0.29, 0.717) is 39.6 Å². The van der Waals surface area contributed by atoms with Crippen LogP contribution in [0.3, 0.4) is 0 Å². The smallest absolute Gasteiger partial charge is 0.330 e. The van der Waals surface area contributed by atoms with Gasteiger partial charge in [0.05, 0.1) is 5.02 Å². The molecule has 7 heterocycles. The molecular weight excluding hydrogens is 1260 g/mol. The Balaban J connectivity index is 0.975. The van der Waals surface area contributed by atoms with Crippen molar-refractivity contribution in [3.8, 4) is 62.9 Å². The lowest BCUT2D eigenvalue weighted by Gasteiger charge is -2.29. The van der Waals surface area contributed by atoms with Gasteiger partial charge in [0, 0.05) is 54.5 Å². The zero-order chi connectivity index (χ0) is 67.5. The molecule has 26 heteroatoms. The zero-order valence-corrected chi connectivity index (χ0v) is 51.1. The maximum atomic E-state index is 15.8. The van der Waals surface area contributed by atoms with E-state index in [9.17, 15) is 49.8 Å². The number of carboxylic acids is 1. The van der Waals surface area contributed by atoms with Gasteiger partial charge in [-0.15, -0.1) is 0 Å². The molecule has 9 aromatic rings. The number of hydrogen-bond acceptors (Lipinski definition) is 15. The average molecular weight is 1320 g/mol. The molecule has 0 fully saturated rings. The van der Waals surface area contributed by atoms with E-state index in [1.807, 2.05) is 30.3 Å². The van der Waals surface area contributed by atoms with E-state index in [4.69, 9.17) is 21.1 Å². The minimum atomic E-state index is -2.01. The first-order valence-corrected chi connectivity index (χ1v) is 30.5. The summed E-state index contributed by atoms with van der Waals surface area (Å²) in [5.74, 6) is -10.6. The number of rotatable bonds is 10. The van der Waals surface area contributed by atoms with E-state index in [2.05, 4.69) is 47.5 Å². The third-order valence-electron chi connectivity index (χ3n) is 16.6. The number of fused-ring (bicyclic) bond motifs is 14. The molecule has 15 rings (SSSR count). The van der Waals surface area contributed by atoms with E-state index in [1.54, 1.807) is 48.7 Å². The van der Waals surface area contributed by atoms with Gasteiger partial charge in [0.25, 0.3) is 0 Å². The summed E-state index contributed by atoms with van der Waals surface area (Å²) in [4.78, 5) is 121. The van der Waals surface area contributed by atoms with Gasteiger partial charge in [-0.05, 0) is 135 Å². The number of aromatic nitrogens is 1. The molecule has 0 aliphatic carbocycles. The molecule has 8 amide bonds. The van der Waals surface area contributed by atoms with Crippen molar-refractivity contribution in [2.75, 3.05) is 6.54 Å². The predicted octanol–water partition coefficient (Wildman–Crippen LogP) is 6.96. The lowest BCUT2D eigenvalue weighted by atomic mass is 9.94. The fourth-order valence-corrected chi connectivity index (χ4v) is 11.9. The van der Waals surface area contributed by atoms with E-state index < -0.39 is 113 Å². The number of ether oxygens (including phenoxy) is 2. The van der Waals surface area contributed by atoms with Gasteiger partial charge in [0.1, 0.15) is 65.0 Å².